The van der Waals surface area contributed by atoms with Gasteiger partial charge in [0.1, 0.15) is 6.29 Å². The summed E-state index contributed by atoms with van der Waals surface area (Å²) < 4.78 is 28.4. The second-order valence-electron chi connectivity index (χ2n) is 4.26. The van der Waals surface area contributed by atoms with Crippen LogP contribution < -0.4 is 0 Å². The molecule has 0 aromatic carbocycles. The first-order valence-electron chi connectivity index (χ1n) is 6.84. The molecule has 6 heteroatoms. The van der Waals surface area contributed by atoms with Crippen molar-refractivity contribution in [2.24, 2.45) is 0 Å². The summed E-state index contributed by atoms with van der Waals surface area (Å²) in [6, 6.07) is 0.717. The maximum atomic E-state index is 5.96. The first-order chi connectivity index (χ1) is 8.65. The summed E-state index contributed by atoms with van der Waals surface area (Å²) in [6.45, 7) is 10.5. The van der Waals surface area contributed by atoms with Crippen molar-refractivity contribution < 1.29 is 22.8 Å². The molecule has 2 unspecified atom stereocenters. The zero-order valence-corrected chi connectivity index (χ0v) is 12.9. The maximum absolute atomic E-state index is 5.96. The molecule has 0 bridgehead atoms. The standard InChI is InChI=1S/C12H26O5Si/c1-5-8-13-11(4)17-18(15-6-2,16-7-3)10-12-9-14-12/h11-12H,5-10H2,1-4H3. The van der Waals surface area contributed by atoms with Gasteiger partial charge in [-0.15, -0.1) is 0 Å². The fourth-order valence-electron chi connectivity index (χ4n) is 1.75. The summed E-state index contributed by atoms with van der Waals surface area (Å²) in [6.07, 6.45) is 0.902. The molecule has 2 atom stereocenters. The lowest BCUT2D eigenvalue weighted by molar-refractivity contribution is -0.108. The summed E-state index contributed by atoms with van der Waals surface area (Å²) in [7, 11) is -2.66. The van der Waals surface area contributed by atoms with Crippen LogP contribution in [0.3, 0.4) is 0 Å². The Labute approximate surface area is 111 Å². The fraction of sp³-hybridized carbons (Fsp3) is 1.00. The molecule has 1 aliphatic heterocycles. The molecular weight excluding hydrogens is 252 g/mol. The van der Waals surface area contributed by atoms with E-state index in [1.54, 1.807) is 0 Å². The SMILES string of the molecule is CCCOC(C)O[Si](CC1CO1)(OCC)OCC. The largest absolute Gasteiger partial charge is 0.505 e. The van der Waals surface area contributed by atoms with Crippen molar-refractivity contribution >= 4 is 8.80 Å². The Kier molecular flexibility index (Phi) is 7.36. The van der Waals surface area contributed by atoms with Crippen LogP contribution >= 0.6 is 0 Å². The third kappa shape index (κ3) is 5.77. The van der Waals surface area contributed by atoms with E-state index >= 15 is 0 Å². The molecule has 1 rings (SSSR count). The number of rotatable bonds is 11. The Balaban J connectivity index is 2.53. The molecule has 0 aliphatic carbocycles. The molecule has 108 valence electrons. The van der Waals surface area contributed by atoms with Crippen molar-refractivity contribution in [3.8, 4) is 0 Å². The quantitative estimate of drug-likeness (QED) is 0.329. The predicted molar refractivity (Wildman–Crippen MR) is 70.3 cm³/mol. The minimum atomic E-state index is -2.66. The van der Waals surface area contributed by atoms with E-state index in [1.165, 1.54) is 0 Å². The Bertz CT molecular complexity index is 217. The van der Waals surface area contributed by atoms with E-state index in [0.717, 1.165) is 13.0 Å². The molecular formula is C12H26O5Si. The molecule has 1 saturated heterocycles. The highest BCUT2D eigenvalue weighted by Gasteiger charge is 2.48. The predicted octanol–water partition coefficient (Wildman–Crippen LogP) is 2.19. The average Bonchev–Trinajstić information content (AvgIpc) is 3.10. The van der Waals surface area contributed by atoms with E-state index in [2.05, 4.69) is 6.92 Å². The molecule has 0 spiro atoms. The van der Waals surface area contributed by atoms with Crippen LogP contribution in [0.15, 0.2) is 0 Å². The molecule has 1 heterocycles. The van der Waals surface area contributed by atoms with Gasteiger partial charge in [-0.25, -0.2) is 0 Å². The highest BCUT2D eigenvalue weighted by molar-refractivity contribution is 6.61. The van der Waals surface area contributed by atoms with Gasteiger partial charge < -0.3 is 22.8 Å². The summed E-state index contributed by atoms with van der Waals surface area (Å²) in [4.78, 5) is 0. The van der Waals surface area contributed by atoms with Gasteiger partial charge in [0.05, 0.1) is 12.7 Å². The molecule has 18 heavy (non-hydrogen) atoms. The Morgan fingerprint density at radius 1 is 1.22 bits per heavy atom. The van der Waals surface area contributed by atoms with Crippen LogP contribution in [0.5, 0.6) is 0 Å². The molecule has 0 aromatic rings. The van der Waals surface area contributed by atoms with Crippen LogP contribution in [0.4, 0.5) is 0 Å². The number of hydrogen-bond donors (Lipinski definition) is 0. The van der Waals surface area contributed by atoms with Gasteiger partial charge in [0.25, 0.3) is 0 Å². The Hall–Kier alpha value is 0.0169. The topological polar surface area (TPSA) is 49.5 Å². The maximum Gasteiger partial charge on any atom is 0.505 e. The first-order valence-corrected chi connectivity index (χ1v) is 8.77. The Morgan fingerprint density at radius 3 is 2.28 bits per heavy atom. The van der Waals surface area contributed by atoms with Gasteiger partial charge in [0.15, 0.2) is 0 Å². The van der Waals surface area contributed by atoms with Gasteiger partial charge in [-0.05, 0) is 27.2 Å². The van der Waals surface area contributed by atoms with E-state index < -0.39 is 8.80 Å². The average molecular weight is 278 g/mol. The van der Waals surface area contributed by atoms with Gasteiger partial charge in [0.2, 0.25) is 0 Å². The van der Waals surface area contributed by atoms with Crippen molar-refractivity contribution in [3.63, 3.8) is 0 Å². The van der Waals surface area contributed by atoms with Crippen LogP contribution in [-0.2, 0) is 22.8 Å². The normalized spacial score (nSPS) is 21.0. The molecule has 1 aliphatic rings. The van der Waals surface area contributed by atoms with Crippen LogP contribution in [0, 0.1) is 0 Å². The second kappa shape index (κ2) is 8.24. The molecule has 0 saturated carbocycles. The summed E-state index contributed by atoms with van der Waals surface area (Å²) in [5, 5.41) is 0. The van der Waals surface area contributed by atoms with E-state index in [-0.39, 0.29) is 12.4 Å². The summed E-state index contributed by atoms with van der Waals surface area (Å²) in [5.41, 5.74) is 0. The summed E-state index contributed by atoms with van der Waals surface area (Å²) in [5.74, 6) is 0. The third-order valence-corrected chi connectivity index (χ3v) is 5.61. The van der Waals surface area contributed by atoms with Crippen LogP contribution in [0.25, 0.3) is 0 Å². The van der Waals surface area contributed by atoms with Crippen LogP contribution in [0.2, 0.25) is 6.04 Å². The number of epoxide rings is 1. The van der Waals surface area contributed by atoms with Crippen molar-refractivity contribution in [2.45, 2.75) is 52.6 Å². The van der Waals surface area contributed by atoms with E-state index in [1.807, 2.05) is 20.8 Å². The Morgan fingerprint density at radius 2 is 1.83 bits per heavy atom. The van der Waals surface area contributed by atoms with Crippen molar-refractivity contribution in [3.05, 3.63) is 0 Å². The van der Waals surface area contributed by atoms with E-state index in [4.69, 9.17) is 22.8 Å². The number of hydrogen-bond acceptors (Lipinski definition) is 5. The van der Waals surface area contributed by atoms with Crippen molar-refractivity contribution in [1.29, 1.82) is 0 Å². The molecule has 5 nitrogen and oxygen atoms in total. The highest BCUT2D eigenvalue weighted by Crippen LogP contribution is 2.27. The van der Waals surface area contributed by atoms with Crippen LogP contribution in [0.1, 0.15) is 34.1 Å². The van der Waals surface area contributed by atoms with Gasteiger partial charge in [0, 0.05) is 25.9 Å². The second-order valence-corrected chi connectivity index (χ2v) is 6.85. The lowest BCUT2D eigenvalue weighted by Gasteiger charge is -2.31. The van der Waals surface area contributed by atoms with Gasteiger partial charge in [-0.3, -0.25) is 0 Å². The van der Waals surface area contributed by atoms with Gasteiger partial charge >= 0.3 is 8.80 Å². The monoisotopic (exact) mass is 278 g/mol. The van der Waals surface area contributed by atoms with Gasteiger partial charge in [-0.2, -0.15) is 0 Å². The fourth-order valence-corrected chi connectivity index (χ4v) is 4.55. The molecule has 1 fully saturated rings. The zero-order chi connectivity index (χ0) is 13.4. The molecule has 0 N–H and O–H groups in total. The van der Waals surface area contributed by atoms with E-state index in [0.29, 0.717) is 25.9 Å². The smallest absolute Gasteiger partial charge is 0.374 e. The summed E-state index contributed by atoms with van der Waals surface area (Å²) >= 11 is 0. The first kappa shape index (κ1) is 16.1. The lowest BCUT2D eigenvalue weighted by Crippen LogP contribution is -2.49. The minimum Gasteiger partial charge on any atom is -0.374 e. The molecule has 0 aromatic heterocycles. The third-order valence-electron chi connectivity index (χ3n) is 2.51. The van der Waals surface area contributed by atoms with Crippen LogP contribution in [-0.4, -0.2) is 47.6 Å². The lowest BCUT2D eigenvalue weighted by atomic mass is 10.5. The van der Waals surface area contributed by atoms with E-state index in [9.17, 15) is 0 Å². The highest BCUT2D eigenvalue weighted by atomic mass is 28.4. The van der Waals surface area contributed by atoms with Gasteiger partial charge in [-0.1, -0.05) is 6.92 Å². The molecule has 0 amide bonds. The number of ether oxygens (including phenoxy) is 2. The molecule has 0 radical (unpaired) electrons. The minimum absolute atomic E-state index is 0.230. The van der Waals surface area contributed by atoms with Crippen molar-refractivity contribution in [1.82, 2.24) is 0 Å². The van der Waals surface area contributed by atoms with Crippen molar-refractivity contribution in [2.75, 3.05) is 26.4 Å². The zero-order valence-electron chi connectivity index (χ0n) is 11.9.